The Balaban J connectivity index is 1.86. The van der Waals surface area contributed by atoms with Crippen molar-refractivity contribution in [2.24, 2.45) is 0 Å². The van der Waals surface area contributed by atoms with Crippen molar-refractivity contribution < 1.29 is 13.2 Å². The van der Waals surface area contributed by atoms with Gasteiger partial charge in [-0.1, -0.05) is 36.4 Å². The second kappa shape index (κ2) is 7.94. The van der Waals surface area contributed by atoms with Crippen LogP contribution in [0.25, 0.3) is 0 Å². The highest BCUT2D eigenvalue weighted by Gasteiger charge is 2.17. The highest BCUT2D eigenvalue weighted by Crippen LogP contribution is 2.21. The van der Waals surface area contributed by atoms with Crippen molar-refractivity contribution in [1.29, 1.82) is 5.26 Å². The molecule has 0 radical (unpaired) electrons. The summed E-state index contributed by atoms with van der Waals surface area (Å²) in [6, 6.07) is 21.3. The number of nitrogens with zero attached hydrogens (tertiary/aromatic N) is 1. The fraction of sp³-hybridized carbons (Fsp3) is 0.0476. The van der Waals surface area contributed by atoms with Gasteiger partial charge in [0.05, 0.1) is 21.8 Å². The highest BCUT2D eigenvalue weighted by molar-refractivity contribution is 7.92. The monoisotopic (exact) mass is 391 g/mol. The van der Waals surface area contributed by atoms with Crippen molar-refractivity contribution in [2.75, 3.05) is 10.0 Å². The van der Waals surface area contributed by atoms with Gasteiger partial charge < -0.3 is 5.32 Å². The number of hydrogen-bond acceptors (Lipinski definition) is 4. The summed E-state index contributed by atoms with van der Waals surface area (Å²) in [6.45, 7) is 1.80. The topological polar surface area (TPSA) is 99.1 Å². The van der Waals surface area contributed by atoms with Gasteiger partial charge >= 0.3 is 0 Å². The predicted octanol–water partition coefficient (Wildman–Crippen LogP) is 3.92. The van der Waals surface area contributed by atoms with Gasteiger partial charge in [-0.05, 0) is 48.9 Å². The molecule has 28 heavy (non-hydrogen) atoms. The summed E-state index contributed by atoms with van der Waals surface area (Å²) in [5.74, 6) is -0.504. The SMILES string of the molecule is Cc1ccccc1NS(=O)(=O)c1cccc(C(=O)Nc2ccccc2C#N)c1. The normalized spacial score (nSPS) is 10.7. The molecule has 3 rings (SSSR count). The van der Waals surface area contributed by atoms with Gasteiger partial charge in [0.15, 0.2) is 0 Å². The highest BCUT2D eigenvalue weighted by atomic mass is 32.2. The maximum Gasteiger partial charge on any atom is 0.261 e. The first-order valence-electron chi connectivity index (χ1n) is 8.40. The average molecular weight is 391 g/mol. The molecule has 6 nitrogen and oxygen atoms in total. The number of aryl methyl sites for hydroxylation is 1. The van der Waals surface area contributed by atoms with Gasteiger partial charge in [0.2, 0.25) is 0 Å². The third-order valence-electron chi connectivity index (χ3n) is 4.09. The summed E-state index contributed by atoms with van der Waals surface area (Å²) in [6.07, 6.45) is 0. The van der Waals surface area contributed by atoms with Crippen LogP contribution in [0.1, 0.15) is 21.5 Å². The lowest BCUT2D eigenvalue weighted by molar-refractivity contribution is 0.102. The molecule has 0 saturated heterocycles. The number of carbonyl (C=O) groups is 1. The second-order valence-corrected chi connectivity index (χ2v) is 7.74. The number of sulfonamides is 1. The molecule has 0 saturated carbocycles. The van der Waals surface area contributed by atoms with Gasteiger partial charge in [-0.25, -0.2) is 8.42 Å². The summed E-state index contributed by atoms with van der Waals surface area (Å²) < 4.78 is 27.9. The lowest BCUT2D eigenvalue weighted by atomic mass is 10.1. The zero-order chi connectivity index (χ0) is 20.1. The van der Waals surface area contributed by atoms with E-state index < -0.39 is 15.9 Å². The third-order valence-corrected chi connectivity index (χ3v) is 5.45. The molecule has 0 aliphatic heterocycles. The number of amides is 1. The number of anilines is 2. The first-order valence-corrected chi connectivity index (χ1v) is 9.88. The standard InChI is InChI=1S/C21H17N3O3S/c1-15-7-2-4-11-19(15)24-28(26,27)18-10-6-9-16(13-18)21(25)23-20-12-5-3-8-17(20)14-22/h2-13,24H,1H3,(H,23,25). The Morgan fingerprint density at radius 3 is 2.32 bits per heavy atom. The van der Waals surface area contributed by atoms with Crippen LogP contribution >= 0.6 is 0 Å². The molecule has 0 spiro atoms. The summed E-state index contributed by atoms with van der Waals surface area (Å²) in [7, 11) is -3.86. The Morgan fingerprint density at radius 1 is 0.929 bits per heavy atom. The third kappa shape index (κ3) is 4.19. The van der Waals surface area contributed by atoms with E-state index in [1.54, 1.807) is 49.4 Å². The summed E-state index contributed by atoms with van der Waals surface area (Å²) >= 11 is 0. The summed E-state index contributed by atoms with van der Waals surface area (Å²) in [5, 5.41) is 11.8. The molecule has 3 aromatic carbocycles. The lowest BCUT2D eigenvalue weighted by Gasteiger charge is -2.12. The minimum Gasteiger partial charge on any atom is -0.321 e. The van der Waals surface area contributed by atoms with Crippen LogP contribution in [0.15, 0.2) is 77.7 Å². The number of nitriles is 1. The molecule has 0 aliphatic rings. The van der Waals surface area contributed by atoms with Crippen LogP contribution < -0.4 is 10.0 Å². The zero-order valence-electron chi connectivity index (χ0n) is 15.0. The van der Waals surface area contributed by atoms with E-state index in [2.05, 4.69) is 10.0 Å². The molecule has 0 heterocycles. The van der Waals surface area contributed by atoms with E-state index in [-0.39, 0.29) is 10.5 Å². The average Bonchev–Trinajstić information content (AvgIpc) is 2.70. The van der Waals surface area contributed by atoms with Crippen LogP contribution in [0.3, 0.4) is 0 Å². The minimum atomic E-state index is -3.86. The van der Waals surface area contributed by atoms with Crippen molar-refractivity contribution in [3.63, 3.8) is 0 Å². The number of nitrogens with one attached hydrogen (secondary N) is 2. The van der Waals surface area contributed by atoms with Crippen LogP contribution in [-0.4, -0.2) is 14.3 Å². The van der Waals surface area contributed by atoms with Crippen molar-refractivity contribution in [1.82, 2.24) is 0 Å². The van der Waals surface area contributed by atoms with E-state index in [9.17, 15) is 13.2 Å². The van der Waals surface area contributed by atoms with Gasteiger partial charge in [-0.3, -0.25) is 9.52 Å². The fourth-order valence-corrected chi connectivity index (χ4v) is 3.76. The van der Waals surface area contributed by atoms with Gasteiger partial charge in [0.25, 0.3) is 15.9 Å². The maximum atomic E-state index is 12.7. The quantitative estimate of drug-likeness (QED) is 0.688. The van der Waals surface area contributed by atoms with E-state index in [4.69, 9.17) is 5.26 Å². The van der Waals surface area contributed by atoms with Crippen LogP contribution in [0.4, 0.5) is 11.4 Å². The zero-order valence-corrected chi connectivity index (χ0v) is 15.8. The number of para-hydroxylation sites is 2. The van der Waals surface area contributed by atoms with E-state index in [1.807, 2.05) is 12.1 Å². The molecule has 2 N–H and O–H groups in total. The van der Waals surface area contributed by atoms with Crippen molar-refractivity contribution >= 4 is 27.3 Å². The van der Waals surface area contributed by atoms with E-state index in [1.165, 1.54) is 24.3 Å². The Bertz CT molecular complexity index is 1180. The van der Waals surface area contributed by atoms with Gasteiger partial charge in [0, 0.05) is 5.56 Å². The maximum absolute atomic E-state index is 12.7. The Hall–Kier alpha value is -3.63. The van der Waals surface area contributed by atoms with Crippen LogP contribution in [0, 0.1) is 18.3 Å². The van der Waals surface area contributed by atoms with Crippen LogP contribution in [0.2, 0.25) is 0 Å². The lowest BCUT2D eigenvalue weighted by Crippen LogP contribution is -2.16. The number of benzene rings is 3. The molecule has 0 unspecified atom stereocenters. The number of rotatable bonds is 5. The first kappa shape index (κ1) is 19.1. The van der Waals surface area contributed by atoms with Crippen molar-refractivity contribution in [3.8, 4) is 6.07 Å². The Morgan fingerprint density at radius 2 is 1.61 bits per heavy atom. The molecule has 0 bridgehead atoms. The van der Waals surface area contributed by atoms with Gasteiger partial charge in [0.1, 0.15) is 6.07 Å². The number of hydrogen-bond donors (Lipinski definition) is 2. The molecule has 7 heteroatoms. The molecule has 0 aliphatic carbocycles. The largest absolute Gasteiger partial charge is 0.321 e. The van der Waals surface area contributed by atoms with Crippen LogP contribution in [0.5, 0.6) is 0 Å². The molecule has 0 aromatic heterocycles. The molecule has 0 fully saturated rings. The molecule has 1 amide bonds. The van der Waals surface area contributed by atoms with Crippen molar-refractivity contribution in [3.05, 3.63) is 89.5 Å². The Labute approximate surface area is 163 Å². The minimum absolute atomic E-state index is 0.0306. The second-order valence-electron chi connectivity index (χ2n) is 6.06. The molecular weight excluding hydrogens is 374 g/mol. The van der Waals surface area contributed by atoms with Crippen molar-refractivity contribution in [2.45, 2.75) is 11.8 Å². The van der Waals surface area contributed by atoms with Gasteiger partial charge in [-0.2, -0.15) is 5.26 Å². The van der Waals surface area contributed by atoms with E-state index in [0.29, 0.717) is 16.9 Å². The van der Waals surface area contributed by atoms with Crippen LogP contribution in [-0.2, 0) is 10.0 Å². The van der Waals surface area contributed by atoms with E-state index >= 15 is 0 Å². The molecular formula is C21H17N3O3S. The summed E-state index contributed by atoms with van der Waals surface area (Å²) in [5.41, 5.74) is 2.11. The summed E-state index contributed by atoms with van der Waals surface area (Å²) in [4.78, 5) is 12.5. The first-order chi connectivity index (χ1) is 13.4. The predicted molar refractivity (Wildman–Crippen MR) is 108 cm³/mol. The van der Waals surface area contributed by atoms with E-state index in [0.717, 1.165) is 5.56 Å². The molecule has 140 valence electrons. The van der Waals surface area contributed by atoms with Gasteiger partial charge in [-0.15, -0.1) is 0 Å². The molecule has 3 aromatic rings. The molecule has 0 atom stereocenters. The fourth-order valence-electron chi connectivity index (χ4n) is 2.58. The smallest absolute Gasteiger partial charge is 0.261 e. The Kier molecular flexibility index (Phi) is 5.43. The number of carbonyl (C=O) groups excluding carboxylic acids is 1.